The Kier molecular flexibility index (Phi) is 6.40. The van der Waals surface area contributed by atoms with E-state index in [0.717, 1.165) is 25.1 Å². The average molecular weight is 305 g/mol. The molecule has 122 valence electrons. The molecule has 1 amide bonds. The van der Waals surface area contributed by atoms with Crippen molar-refractivity contribution in [1.29, 1.82) is 0 Å². The number of carbonyl (C=O) groups is 1. The van der Waals surface area contributed by atoms with E-state index < -0.39 is 6.10 Å². The van der Waals surface area contributed by atoms with Crippen molar-refractivity contribution in [3.63, 3.8) is 0 Å². The van der Waals surface area contributed by atoms with E-state index in [-0.39, 0.29) is 18.1 Å². The number of para-hydroxylation sites is 1. The second-order valence-electron chi connectivity index (χ2n) is 6.10. The summed E-state index contributed by atoms with van der Waals surface area (Å²) in [5.74, 6) is -0.00277. The zero-order chi connectivity index (χ0) is 15.9. The van der Waals surface area contributed by atoms with E-state index in [1.807, 2.05) is 51.1 Å². The van der Waals surface area contributed by atoms with Gasteiger partial charge in [0.1, 0.15) is 6.10 Å². The highest BCUT2D eigenvalue weighted by atomic mass is 16.5. The first-order chi connectivity index (χ1) is 10.6. The molecule has 1 aromatic carbocycles. The minimum atomic E-state index is -0.465. The van der Waals surface area contributed by atoms with Gasteiger partial charge in [-0.05, 0) is 52.2 Å². The summed E-state index contributed by atoms with van der Waals surface area (Å²) in [6, 6.07) is 9.84. The van der Waals surface area contributed by atoms with Gasteiger partial charge >= 0.3 is 0 Å². The molecule has 4 heteroatoms. The second kappa shape index (κ2) is 8.30. The highest BCUT2D eigenvalue weighted by molar-refractivity contribution is 5.96. The van der Waals surface area contributed by atoms with Crippen molar-refractivity contribution in [2.24, 2.45) is 0 Å². The van der Waals surface area contributed by atoms with Gasteiger partial charge in [0.15, 0.2) is 0 Å². The van der Waals surface area contributed by atoms with Gasteiger partial charge in [-0.3, -0.25) is 4.79 Å². The van der Waals surface area contributed by atoms with E-state index in [0.29, 0.717) is 6.61 Å². The Labute approximate surface area is 133 Å². The number of rotatable bonds is 6. The Morgan fingerprint density at radius 1 is 1.27 bits per heavy atom. The fraction of sp³-hybridized carbons (Fsp3) is 0.611. The van der Waals surface area contributed by atoms with Crippen LogP contribution in [0.25, 0.3) is 0 Å². The topological polar surface area (TPSA) is 38.8 Å². The Morgan fingerprint density at radius 3 is 2.59 bits per heavy atom. The minimum absolute atomic E-state index is 0.00277. The molecule has 1 heterocycles. The van der Waals surface area contributed by atoms with Crippen molar-refractivity contribution < 1.29 is 14.3 Å². The lowest BCUT2D eigenvalue weighted by molar-refractivity contribution is -0.133. The van der Waals surface area contributed by atoms with Gasteiger partial charge in [0.05, 0.1) is 12.7 Å². The smallest absolute Gasteiger partial charge is 0.256 e. The third kappa shape index (κ3) is 4.55. The van der Waals surface area contributed by atoms with Gasteiger partial charge in [0, 0.05) is 18.3 Å². The number of ether oxygens (including phenoxy) is 2. The fourth-order valence-electron chi connectivity index (χ4n) is 2.73. The Hall–Kier alpha value is -1.39. The van der Waals surface area contributed by atoms with Gasteiger partial charge in [-0.1, -0.05) is 18.2 Å². The summed E-state index contributed by atoms with van der Waals surface area (Å²) in [5.41, 5.74) is 0.909. The molecule has 0 radical (unpaired) electrons. The number of hydrogen-bond donors (Lipinski definition) is 0. The number of nitrogens with zero attached hydrogens (tertiary/aromatic N) is 1. The van der Waals surface area contributed by atoms with Gasteiger partial charge in [-0.2, -0.15) is 0 Å². The van der Waals surface area contributed by atoms with Gasteiger partial charge in [-0.25, -0.2) is 0 Å². The number of hydrogen-bond acceptors (Lipinski definition) is 3. The van der Waals surface area contributed by atoms with Gasteiger partial charge < -0.3 is 14.4 Å². The molecule has 0 aliphatic carbocycles. The van der Waals surface area contributed by atoms with Crippen molar-refractivity contribution >= 4 is 11.6 Å². The third-order valence-corrected chi connectivity index (χ3v) is 3.94. The van der Waals surface area contributed by atoms with Gasteiger partial charge in [0.25, 0.3) is 5.91 Å². The zero-order valence-corrected chi connectivity index (χ0v) is 13.8. The molecule has 2 atom stereocenters. The molecule has 0 saturated carbocycles. The fourth-order valence-corrected chi connectivity index (χ4v) is 2.73. The molecule has 1 saturated heterocycles. The van der Waals surface area contributed by atoms with Crippen LogP contribution in [-0.2, 0) is 14.3 Å². The molecule has 0 bridgehead atoms. The van der Waals surface area contributed by atoms with E-state index in [1.54, 1.807) is 4.90 Å². The number of benzene rings is 1. The van der Waals surface area contributed by atoms with Crippen LogP contribution >= 0.6 is 0 Å². The first-order valence-electron chi connectivity index (χ1n) is 8.21. The van der Waals surface area contributed by atoms with Crippen molar-refractivity contribution in [2.45, 2.75) is 58.3 Å². The molecular weight excluding hydrogens is 278 g/mol. The van der Waals surface area contributed by atoms with Crippen molar-refractivity contribution in [3.05, 3.63) is 30.3 Å². The van der Waals surface area contributed by atoms with E-state index in [9.17, 15) is 4.79 Å². The molecule has 22 heavy (non-hydrogen) atoms. The summed E-state index contributed by atoms with van der Waals surface area (Å²) in [4.78, 5) is 14.5. The predicted octanol–water partition coefficient (Wildman–Crippen LogP) is 3.40. The van der Waals surface area contributed by atoms with Crippen LogP contribution in [-0.4, -0.2) is 37.4 Å². The average Bonchev–Trinajstić information content (AvgIpc) is 2.54. The highest BCUT2D eigenvalue weighted by Crippen LogP contribution is 2.19. The summed E-state index contributed by atoms with van der Waals surface area (Å²) in [5, 5.41) is 0. The summed E-state index contributed by atoms with van der Waals surface area (Å²) >= 11 is 0. The van der Waals surface area contributed by atoms with Crippen LogP contribution in [0.15, 0.2) is 30.3 Å². The molecule has 1 aliphatic heterocycles. The standard InChI is InChI=1S/C18H27NO3/c1-14(2)19(16-9-5-4-6-10-16)18(20)15(3)22-13-17-11-7-8-12-21-17/h4-6,9-10,14-15,17H,7-8,11-13H2,1-3H3. The molecular formula is C18H27NO3. The van der Waals surface area contributed by atoms with E-state index >= 15 is 0 Å². The Morgan fingerprint density at radius 2 is 2.00 bits per heavy atom. The van der Waals surface area contributed by atoms with Crippen LogP contribution in [0, 0.1) is 0 Å². The van der Waals surface area contributed by atoms with Crippen LogP contribution in [0.4, 0.5) is 5.69 Å². The summed E-state index contributed by atoms with van der Waals surface area (Å²) in [6.45, 7) is 7.15. The minimum Gasteiger partial charge on any atom is -0.376 e. The molecule has 1 fully saturated rings. The number of anilines is 1. The van der Waals surface area contributed by atoms with Crippen LogP contribution in [0.5, 0.6) is 0 Å². The molecule has 1 aliphatic rings. The Bertz CT molecular complexity index is 455. The van der Waals surface area contributed by atoms with E-state index in [2.05, 4.69) is 0 Å². The van der Waals surface area contributed by atoms with Crippen molar-refractivity contribution in [3.8, 4) is 0 Å². The lowest BCUT2D eigenvalue weighted by Gasteiger charge is -2.30. The van der Waals surface area contributed by atoms with Crippen LogP contribution in [0.3, 0.4) is 0 Å². The summed E-state index contributed by atoms with van der Waals surface area (Å²) < 4.78 is 11.4. The van der Waals surface area contributed by atoms with Gasteiger partial charge in [-0.15, -0.1) is 0 Å². The molecule has 1 aromatic rings. The van der Waals surface area contributed by atoms with Gasteiger partial charge in [0.2, 0.25) is 0 Å². The SMILES string of the molecule is CC(OCC1CCCCO1)C(=O)N(c1ccccc1)C(C)C. The molecule has 2 unspecified atom stereocenters. The van der Waals surface area contributed by atoms with Crippen molar-refractivity contribution in [1.82, 2.24) is 0 Å². The molecule has 4 nitrogen and oxygen atoms in total. The number of carbonyl (C=O) groups excluding carboxylic acids is 1. The maximum atomic E-state index is 12.7. The molecule has 0 spiro atoms. The largest absolute Gasteiger partial charge is 0.376 e. The maximum Gasteiger partial charge on any atom is 0.256 e. The lowest BCUT2D eigenvalue weighted by atomic mass is 10.1. The zero-order valence-electron chi connectivity index (χ0n) is 13.8. The lowest BCUT2D eigenvalue weighted by Crippen LogP contribution is -2.44. The molecule has 2 rings (SSSR count). The van der Waals surface area contributed by atoms with Crippen LogP contribution < -0.4 is 4.90 Å². The first-order valence-corrected chi connectivity index (χ1v) is 8.21. The highest BCUT2D eigenvalue weighted by Gasteiger charge is 2.26. The normalized spacial score (nSPS) is 19.9. The Balaban J connectivity index is 1.94. The second-order valence-corrected chi connectivity index (χ2v) is 6.10. The van der Waals surface area contributed by atoms with Crippen molar-refractivity contribution in [2.75, 3.05) is 18.1 Å². The van der Waals surface area contributed by atoms with Crippen LogP contribution in [0.2, 0.25) is 0 Å². The summed E-state index contributed by atoms with van der Waals surface area (Å²) in [7, 11) is 0. The quantitative estimate of drug-likeness (QED) is 0.808. The summed E-state index contributed by atoms with van der Waals surface area (Å²) in [6.07, 6.45) is 2.99. The number of amides is 1. The van der Waals surface area contributed by atoms with Crippen LogP contribution in [0.1, 0.15) is 40.0 Å². The van der Waals surface area contributed by atoms with E-state index in [4.69, 9.17) is 9.47 Å². The third-order valence-electron chi connectivity index (χ3n) is 3.94. The molecule has 0 N–H and O–H groups in total. The van der Waals surface area contributed by atoms with E-state index in [1.165, 1.54) is 6.42 Å². The first kappa shape index (κ1) is 17.0. The maximum absolute atomic E-state index is 12.7. The monoisotopic (exact) mass is 305 g/mol. The predicted molar refractivity (Wildman–Crippen MR) is 88.1 cm³/mol. The molecule has 0 aromatic heterocycles.